The van der Waals surface area contributed by atoms with Crippen LogP contribution in [0.2, 0.25) is 5.02 Å². The molecule has 3 aromatic rings. The van der Waals surface area contributed by atoms with Crippen LogP contribution in [0.15, 0.2) is 66.9 Å². The number of alkyl halides is 5. The van der Waals surface area contributed by atoms with E-state index in [1.165, 1.54) is 30.3 Å². The van der Waals surface area contributed by atoms with E-state index >= 15 is 0 Å². The van der Waals surface area contributed by atoms with Gasteiger partial charge in [0.2, 0.25) is 11.8 Å². The number of hydrogen-bond donors (Lipinski definition) is 1. The molecule has 1 saturated carbocycles. The molecule has 2 heterocycles. The normalized spacial score (nSPS) is 19.1. The number of nitrogens with zero attached hydrogens (tertiary/aromatic N) is 3. The molecule has 2 aliphatic rings. The van der Waals surface area contributed by atoms with Crippen molar-refractivity contribution in [2.75, 3.05) is 9.80 Å². The Balaban J connectivity index is 1.60. The zero-order valence-corrected chi connectivity index (χ0v) is 22.9. The average molecular weight is 625 g/mol. The second-order valence-electron chi connectivity index (χ2n) is 10.3. The van der Waals surface area contributed by atoms with Gasteiger partial charge in [0.25, 0.3) is 11.8 Å². The second-order valence-corrected chi connectivity index (χ2v) is 10.7. The van der Waals surface area contributed by atoms with Crippen LogP contribution in [-0.2, 0) is 20.6 Å². The van der Waals surface area contributed by atoms with Crippen molar-refractivity contribution >= 4 is 40.8 Å². The first-order chi connectivity index (χ1) is 20.2. The summed E-state index contributed by atoms with van der Waals surface area (Å²) < 4.78 is 82.0. The van der Waals surface area contributed by atoms with Crippen LogP contribution >= 0.6 is 11.6 Å². The highest BCUT2D eigenvalue weighted by Gasteiger charge is 2.49. The summed E-state index contributed by atoms with van der Waals surface area (Å²) in [5.41, 5.74) is -1.17. The van der Waals surface area contributed by atoms with Gasteiger partial charge in [-0.2, -0.15) is 13.2 Å². The maximum Gasteiger partial charge on any atom is 0.416 e. The smallest absolute Gasteiger partial charge is 0.351 e. The van der Waals surface area contributed by atoms with Gasteiger partial charge in [-0.15, -0.1) is 0 Å². The minimum absolute atomic E-state index is 0.0229. The summed E-state index contributed by atoms with van der Waals surface area (Å²) in [6, 6.07) is 7.90. The van der Waals surface area contributed by atoms with Crippen LogP contribution in [0.25, 0.3) is 0 Å². The van der Waals surface area contributed by atoms with E-state index in [1.807, 2.05) is 0 Å². The van der Waals surface area contributed by atoms with Gasteiger partial charge in [0.1, 0.15) is 23.7 Å². The molecule has 0 unspecified atom stereocenters. The van der Waals surface area contributed by atoms with Crippen LogP contribution in [0.5, 0.6) is 0 Å². The van der Waals surface area contributed by atoms with E-state index in [1.54, 1.807) is 6.07 Å². The molecule has 226 valence electrons. The number of carbonyl (C=O) groups is 3. The van der Waals surface area contributed by atoms with Crippen molar-refractivity contribution in [1.29, 1.82) is 0 Å². The molecule has 1 aromatic heterocycles. The molecule has 2 aromatic carbocycles. The van der Waals surface area contributed by atoms with Gasteiger partial charge < -0.3 is 5.32 Å². The summed E-state index contributed by atoms with van der Waals surface area (Å²) in [6.07, 6.45) is -5.57. The zero-order valence-electron chi connectivity index (χ0n) is 22.1. The van der Waals surface area contributed by atoms with Crippen molar-refractivity contribution in [1.82, 2.24) is 10.3 Å². The molecular formula is C29H23ClF6N4O3. The third-order valence-electron chi connectivity index (χ3n) is 7.28. The van der Waals surface area contributed by atoms with E-state index in [0.29, 0.717) is 12.1 Å². The number of carbonyl (C=O) groups excluding carboxylic acids is 3. The van der Waals surface area contributed by atoms with Gasteiger partial charge >= 0.3 is 6.18 Å². The lowest BCUT2D eigenvalue weighted by Crippen LogP contribution is -2.56. The van der Waals surface area contributed by atoms with Gasteiger partial charge in [-0.3, -0.25) is 24.2 Å². The van der Waals surface area contributed by atoms with E-state index in [-0.39, 0.29) is 29.1 Å². The lowest BCUT2D eigenvalue weighted by molar-refractivity contribution is -0.137. The third-order valence-corrected chi connectivity index (χ3v) is 7.63. The van der Waals surface area contributed by atoms with Crippen molar-refractivity contribution in [2.45, 2.75) is 55.9 Å². The number of pyridine rings is 1. The highest BCUT2D eigenvalue weighted by molar-refractivity contribution is 6.31. The van der Waals surface area contributed by atoms with Crippen LogP contribution in [-0.4, -0.2) is 40.7 Å². The molecule has 1 N–H and O–H groups in total. The Morgan fingerprint density at radius 2 is 1.79 bits per heavy atom. The number of rotatable bonds is 7. The van der Waals surface area contributed by atoms with Crippen LogP contribution in [0.3, 0.4) is 0 Å². The van der Waals surface area contributed by atoms with Crippen molar-refractivity contribution in [3.63, 3.8) is 0 Å². The topological polar surface area (TPSA) is 82.6 Å². The fourth-order valence-electron chi connectivity index (χ4n) is 5.26. The monoisotopic (exact) mass is 624 g/mol. The Kier molecular flexibility index (Phi) is 8.12. The lowest BCUT2D eigenvalue weighted by atomic mass is 9.87. The van der Waals surface area contributed by atoms with E-state index in [9.17, 15) is 40.7 Å². The molecule has 43 heavy (non-hydrogen) atoms. The average Bonchev–Trinajstić information content (AvgIpc) is 3.31. The summed E-state index contributed by atoms with van der Waals surface area (Å²) in [4.78, 5) is 46.7. The molecule has 0 radical (unpaired) electrons. The quantitative estimate of drug-likeness (QED) is 0.323. The predicted octanol–water partition coefficient (Wildman–Crippen LogP) is 6.08. The lowest BCUT2D eigenvalue weighted by Gasteiger charge is -2.39. The second kappa shape index (κ2) is 11.5. The van der Waals surface area contributed by atoms with Crippen molar-refractivity contribution in [2.24, 2.45) is 0 Å². The van der Waals surface area contributed by atoms with Crippen molar-refractivity contribution in [3.8, 4) is 0 Å². The van der Waals surface area contributed by atoms with Gasteiger partial charge in [0.15, 0.2) is 0 Å². The Labute approximate surface area is 246 Å². The van der Waals surface area contributed by atoms with Gasteiger partial charge in [-0.05, 0) is 42.8 Å². The molecule has 0 bridgehead atoms. The zero-order chi connectivity index (χ0) is 31.1. The molecule has 1 saturated heterocycles. The Morgan fingerprint density at radius 3 is 2.44 bits per heavy atom. The highest BCUT2D eigenvalue weighted by atomic mass is 35.5. The summed E-state index contributed by atoms with van der Waals surface area (Å²) in [5, 5.41) is 2.52. The van der Waals surface area contributed by atoms with Gasteiger partial charge in [0, 0.05) is 47.8 Å². The largest absolute Gasteiger partial charge is 0.416 e. The fraction of sp³-hybridized carbons (Fsp3) is 0.310. The van der Waals surface area contributed by atoms with Gasteiger partial charge in [-0.1, -0.05) is 35.9 Å². The maximum absolute atomic E-state index is 14.5. The number of hydrogen-bond acceptors (Lipinski definition) is 4. The van der Waals surface area contributed by atoms with Crippen molar-refractivity contribution < 1.29 is 40.7 Å². The number of nitrogens with one attached hydrogen (secondary N) is 1. The molecule has 1 aliphatic heterocycles. The Hall–Kier alpha value is -4.13. The van der Waals surface area contributed by atoms with Crippen LogP contribution < -0.4 is 15.1 Å². The molecule has 1 aliphatic carbocycles. The van der Waals surface area contributed by atoms with Crippen LogP contribution in [0.1, 0.15) is 42.9 Å². The summed E-state index contributed by atoms with van der Waals surface area (Å²) in [7, 11) is 0. The summed E-state index contributed by atoms with van der Waals surface area (Å²) in [6.45, 7) is 0. The molecule has 5 rings (SSSR count). The highest BCUT2D eigenvalue weighted by Crippen LogP contribution is 2.40. The fourth-order valence-corrected chi connectivity index (χ4v) is 5.50. The predicted molar refractivity (Wildman–Crippen MR) is 144 cm³/mol. The molecule has 3 amide bonds. The maximum atomic E-state index is 14.5. The minimum Gasteiger partial charge on any atom is -0.351 e. The summed E-state index contributed by atoms with van der Waals surface area (Å²) >= 11 is 6.43. The first kappa shape index (κ1) is 30.3. The molecule has 7 nitrogen and oxygen atoms in total. The molecule has 0 spiro atoms. The number of anilines is 2. The standard InChI is InChI=1S/C29H23ClF6N4O3/c30-21-7-2-1-6-20(21)25(26(42)38-18-14-28(32,33)15-18)39(19-5-3-4-17(31)13-19)27(43)22-8-9-24(41)40(22)23-12-16(10-11-37-23)29(34,35)36/h1-7,10-13,18,22,25H,8-9,14-15H2,(H,38,42)/t22-,25-/m0/s1. The number of benzene rings is 2. The third kappa shape index (κ3) is 6.31. The first-order valence-corrected chi connectivity index (χ1v) is 13.5. The van der Waals surface area contributed by atoms with E-state index in [0.717, 1.165) is 28.1 Å². The SMILES string of the molecule is O=C(NC1CC(F)(F)C1)[C@H](c1ccccc1Cl)N(C(=O)[C@@H]1CCC(=O)N1c1cc(C(F)(F)F)ccn1)c1cccc(F)c1. The van der Waals surface area contributed by atoms with Crippen LogP contribution in [0, 0.1) is 5.82 Å². The number of halogens is 7. The van der Waals surface area contributed by atoms with Gasteiger partial charge in [-0.25, -0.2) is 18.2 Å². The number of amides is 3. The molecule has 2 fully saturated rings. The van der Waals surface area contributed by atoms with E-state index < -0.39 is 78.0 Å². The molecule has 14 heteroatoms. The van der Waals surface area contributed by atoms with Crippen molar-refractivity contribution in [3.05, 3.63) is 88.8 Å². The van der Waals surface area contributed by atoms with Gasteiger partial charge in [0.05, 0.1) is 5.56 Å². The first-order valence-electron chi connectivity index (χ1n) is 13.1. The minimum atomic E-state index is -4.76. The Bertz CT molecular complexity index is 1560. The van der Waals surface area contributed by atoms with E-state index in [2.05, 4.69) is 10.3 Å². The van der Waals surface area contributed by atoms with E-state index in [4.69, 9.17) is 11.6 Å². The summed E-state index contributed by atoms with van der Waals surface area (Å²) in [5.74, 6) is -6.75. The van der Waals surface area contributed by atoms with Crippen LogP contribution in [0.4, 0.5) is 37.8 Å². The molecular weight excluding hydrogens is 602 g/mol. The number of aromatic nitrogens is 1. The Morgan fingerprint density at radius 1 is 1.07 bits per heavy atom. The molecule has 2 atom stereocenters.